The first-order valence-corrected chi connectivity index (χ1v) is 8.09. The van der Waals surface area contributed by atoms with E-state index in [1.165, 1.54) is 12.7 Å². The largest absolute Gasteiger partial charge is 0.469 e. The zero-order valence-electron chi connectivity index (χ0n) is 13.8. The summed E-state index contributed by atoms with van der Waals surface area (Å²) in [4.78, 5) is 17.4. The molecule has 1 aromatic rings. The first kappa shape index (κ1) is 22.2. The highest BCUT2D eigenvalue weighted by Gasteiger charge is 2.06. The van der Waals surface area contributed by atoms with Gasteiger partial charge in [-0.3, -0.25) is 9.79 Å². The first-order chi connectivity index (χ1) is 10.6. The SMILES string of the molecule is CN=C(NCCCCC(=O)OC)N(C)Cc1ccc(Br)cc1.I. The monoisotopic (exact) mass is 497 g/mol. The molecule has 0 aliphatic carbocycles. The Labute approximate surface area is 164 Å². The predicted octanol–water partition coefficient (Wildman–Crippen LogP) is 3.42. The molecule has 0 amide bonds. The van der Waals surface area contributed by atoms with Crippen LogP contribution in [-0.2, 0) is 16.1 Å². The lowest BCUT2D eigenvalue weighted by atomic mass is 10.2. The van der Waals surface area contributed by atoms with Crippen LogP contribution in [0.3, 0.4) is 0 Å². The van der Waals surface area contributed by atoms with Gasteiger partial charge in [-0.15, -0.1) is 24.0 Å². The maximum Gasteiger partial charge on any atom is 0.305 e. The Kier molecular flexibility index (Phi) is 12.1. The molecule has 1 N–H and O–H groups in total. The highest BCUT2D eigenvalue weighted by Crippen LogP contribution is 2.11. The molecule has 0 aliphatic heterocycles. The van der Waals surface area contributed by atoms with Crippen LogP contribution in [-0.4, -0.2) is 44.6 Å². The molecule has 0 aliphatic rings. The molecule has 0 spiro atoms. The molecule has 0 aromatic heterocycles. The lowest BCUT2D eigenvalue weighted by Crippen LogP contribution is -2.38. The molecule has 1 aromatic carbocycles. The second-order valence-corrected chi connectivity index (χ2v) is 5.91. The number of ether oxygens (including phenoxy) is 1. The van der Waals surface area contributed by atoms with Crippen molar-refractivity contribution >= 4 is 51.8 Å². The number of unbranched alkanes of at least 4 members (excludes halogenated alkanes) is 1. The van der Waals surface area contributed by atoms with Crippen molar-refractivity contribution in [3.8, 4) is 0 Å². The van der Waals surface area contributed by atoms with Gasteiger partial charge in [-0.25, -0.2) is 0 Å². The molecule has 7 heteroatoms. The summed E-state index contributed by atoms with van der Waals surface area (Å²) < 4.78 is 5.69. The van der Waals surface area contributed by atoms with Gasteiger partial charge in [0.25, 0.3) is 0 Å². The van der Waals surface area contributed by atoms with E-state index in [0.717, 1.165) is 36.4 Å². The van der Waals surface area contributed by atoms with E-state index in [2.05, 4.69) is 48.0 Å². The molecule has 0 saturated heterocycles. The van der Waals surface area contributed by atoms with Crippen LogP contribution in [0.15, 0.2) is 33.7 Å². The van der Waals surface area contributed by atoms with E-state index in [1.807, 2.05) is 19.2 Å². The number of aliphatic imine (C=N–C) groups is 1. The summed E-state index contributed by atoms with van der Waals surface area (Å²) in [7, 11) is 5.19. The lowest BCUT2D eigenvalue weighted by molar-refractivity contribution is -0.140. The van der Waals surface area contributed by atoms with E-state index >= 15 is 0 Å². The van der Waals surface area contributed by atoms with Crippen LogP contribution in [0.25, 0.3) is 0 Å². The number of hydrogen-bond donors (Lipinski definition) is 1. The Morgan fingerprint density at radius 1 is 1.30 bits per heavy atom. The van der Waals surface area contributed by atoms with Gasteiger partial charge in [0.2, 0.25) is 0 Å². The third-order valence-electron chi connectivity index (χ3n) is 3.22. The Morgan fingerprint density at radius 2 is 1.96 bits per heavy atom. The van der Waals surface area contributed by atoms with Crippen LogP contribution < -0.4 is 5.32 Å². The number of nitrogens with one attached hydrogen (secondary N) is 1. The normalized spacial score (nSPS) is 10.7. The van der Waals surface area contributed by atoms with Crippen LogP contribution in [0.5, 0.6) is 0 Å². The minimum atomic E-state index is -0.156. The number of nitrogens with zero attached hydrogens (tertiary/aromatic N) is 2. The summed E-state index contributed by atoms with van der Waals surface area (Å²) in [6, 6.07) is 8.24. The first-order valence-electron chi connectivity index (χ1n) is 7.30. The van der Waals surface area contributed by atoms with E-state index < -0.39 is 0 Å². The van der Waals surface area contributed by atoms with Crippen LogP contribution in [0.1, 0.15) is 24.8 Å². The second-order valence-electron chi connectivity index (χ2n) is 4.99. The molecular weight excluding hydrogens is 473 g/mol. The van der Waals surface area contributed by atoms with Crippen molar-refractivity contribution < 1.29 is 9.53 Å². The highest BCUT2D eigenvalue weighted by atomic mass is 127. The minimum Gasteiger partial charge on any atom is -0.469 e. The third-order valence-corrected chi connectivity index (χ3v) is 3.75. The summed E-state index contributed by atoms with van der Waals surface area (Å²) in [5.74, 6) is 0.692. The molecule has 0 radical (unpaired) electrons. The topological polar surface area (TPSA) is 53.9 Å². The standard InChI is InChI=1S/C16H24BrN3O2.HI/c1-18-16(19-11-5-4-6-15(21)22-3)20(2)12-13-7-9-14(17)10-8-13;/h7-10H,4-6,11-12H2,1-3H3,(H,18,19);1H. The Balaban J connectivity index is 0.00000484. The van der Waals surface area contributed by atoms with Gasteiger partial charge < -0.3 is 15.0 Å². The highest BCUT2D eigenvalue weighted by molar-refractivity contribution is 14.0. The Bertz CT molecular complexity index is 495. The second kappa shape index (κ2) is 12.6. The number of halogens is 2. The summed E-state index contributed by atoms with van der Waals surface area (Å²) in [6.07, 6.45) is 2.18. The number of benzene rings is 1. The van der Waals surface area contributed by atoms with Crippen LogP contribution in [0.2, 0.25) is 0 Å². The maximum absolute atomic E-state index is 11.0. The van der Waals surface area contributed by atoms with E-state index in [-0.39, 0.29) is 29.9 Å². The fourth-order valence-electron chi connectivity index (χ4n) is 2.02. The fourth-order valence-corrected chi connectivity index (χ4v) is 2.28. The number of guanidine groups is 1. The number of carbonyl (C=O) groups is 1. The zero-order valence-corrected chi connectivity index (χ0v) is 17.8. The van der Waals surface area contributed by atoms with E-state index in [0.29, 0.717) is 6.42 Å². The zero-order chi connectivity index (χ0) is 16.4. The summed E-state index contributed by atoms with van der Waals surface area (Å²) >= 11 is 3.44. The minimum absolute atomic E-state index is 0. The van der Waals surface area contributed by atoms with Crippen molar-refractivity contribution in [2.24, 2.45) is 4.99 Å². The summed E-state index contributed by atoms with van der Waals surface area (Å²) in [6.45, 7) is 1.57. The van der Waals surface area contributed by atoms with Crippen molar-refractivity contribution in [1.82, 2.24) is 10.2 Å². The van der Waals surface area contributed by atoms with Gasteiger partial charge in [0.1, 0.15) is 0 Å². The Morgan fingerprint density at radius 3 is 2.52 bits per heavy atom. The number of methoxy groups -OCH3 is 1. The molecular formula is C16H25BrIN3O2. The molecule has 0 atom stereocenters. The van der Waals surface area contributed by atoms with Crippen molar-refractivity contribution in [1.29, 1.82) is 0 Å². The molecule has 130 valence electrons. The van der Waals surface area contributed by atoms with Crippen LogP contribution in [0, 0.1) is 0 Å². The van der Waals surface area contributed by atoms with Gasteiger partial charge >= 0.3 is 5.97 Å². The fraction of sp³-hybridized carbons (Fsp3) is 0.500. The van der Waals surface area contributed by atoms with Crippen molar-refractivity contribution in [2.45, 2.75) is 25.8 Å². The number of rotatable bonds is 7. The van der Waals surface area contributed by atoms with Crippen LogP contribution >= 0.6 is 39.9 Å². The van der Waals surface area contributed by atoms with E-state index in [4.69, 9.17) is 0 Å². The predicted molar refractivity (Wildman–Crippen MR) is 108 cm³/mol. The number of carbonyl (C=O) groups excluding carboxylic acids is 1. The quantitative estimate of drug-likeness (QED) is 0.206. The number of esters is 1. The van der Waals surface area contributed by atoms with Gasteiger partial charge in [0, 0.05) is 38.1 Å². The molecule has 0 fully saturated rings. The lowest BCUT2D eigenvalue weighted by Gasteiger charge is -2.22. The van der Waals surface area contributed by atoms with Crippen LogP contribution in [0.4, 0.5) is 0 Å². The van der Waals surface area contributed by atoms with Gasteiger partial charge in [-0.1, -0.05) is 28.1 Å². The van der Waals surface area contributed by atoms with Crippen molar-refractivity contribution in [3.05, 3.63) is 34.3 Å². The third kappa shape index (κ3) is 9.14. The van der Waals surface area contributed by atoms with Crippen molar-refractivity contribution in [2.75, 3.05) is 27.7 Å². The molecule has 0 bridgehead atoms. The maximum atomic E-state index is 11.0. The van der Waals surface area contributed by atoms with Gasteiger partial charge in [0.15, 0.2) is 5.96 Å². The average molecular weight is 498 g/mol. The smallest absolute Gasteiger partial charge is 0.305 e. The Hall–Kier alpha value is -0.830. The number of hydrogen-bond acceptors (Lipinski definition) is 3. The molecule has 23 heavy (non-hydrogen) atoms. The molecule has 0 unspecified atom stereocenters. The van der Waals surface area contributed by atoms with Gasteiger partial charge in [-0.2, -0.15) is 0 Å². The van der Waals surface area contributed by atoms with E-state index in [1.54, 1.807) is 7.05 Å². The average Bonchev–Trinajstić information content (AvgIpc) is 2.52. The van der Waals surface area contributed by atoms with Gasteiger partial charge in [0.05, 0.1) is 7.11 Å². The molecule has 5 nitrogen and oxygen atoms in total. The van der Waals surface area contributed by atoms with E-state index in [9.17, 15) is 4.79 Å². The molecule has 1 rings (SSSR count). The molecule has 0 saturated carbocycles. The summed E-state index contributed by atoms with van der Waals surface area (Å²) in [5, 5.41) is 3.31. The van der Waals surface area contributed by atoms with Gasteiger partial charge in [-0.05, 0) is 30.5 Å². The molecule has 0 heterocycles. The summed E-state index contributed by atoms with van der Waals surface area (Å²) in [5.41, 5.74) is 1.22. The van der Waals surface area contributed by atoms with Crippen molar-refractivity contribution in [3.63, 3.8) is 0 Å².